The Kier molecular flexibility index (Phi) is 4.44. The van der Waals surface area contributed by atoms with Crippen LogP contribution in [0.25, 0.3) is 11.0 Å². The van der Waals surface area contributed by atoms with E-state index in [1.807, 2.05) is 23.1 Å². The van der Waals surface area contributed by atoms with Crippen molar-refractivity contribution in [2.75, 3.05) is 38.3 Å². The molecule has 1 fully saturated rings. The first-order valence-electron chi connectivity index (χ1n) is 8.32. The van der Waals surface area contributed by atoms with Crippen LogP contribution in [-0.4, -0.2) is 64.4 Å². The van der Waals surface area contributed by atoms with Crippen LogP contribution in [-0.2, 0) is 11.3 Å². The number of rotatable bonds is 4. The molecule has 26 heavy (non-hydrogen) atoms. The van der Waals surface area contributed by atoms with Gasteiger partial charge in [-0.15, -0.1) is 0 Å². The van der Waals surface area contributed by atoms with Gasteiger partial charge >= 0.3 is 0 Å². The molecule has 1 aliphatic heterocycles. The summed E-state index contributed by atoms with van der Waals surface area (Å²) in [7, 11) is 1.74. The quantitative estimate of drug-likeness (QED) is 0.687. The molecular weight excluding hydrogens is 336 g/mol. The number of amides is 1. The van der Waals surface area contributed by atoms with E-state index in [1.54, 1.807) is 24.3 Å². The molecule has 4 rings (SSSR count). The van der Waals surface area contributed by atoms with Crippen molar-refractivity contribution in [3.05, 3.63) is 41.7 Å². The first kappa shape index (κ1) is 16.4. The SMILES string of the molecule is CN(Cc1ccc2nonc2c1)C(=O)c1cnc(N2CCOCC2)nc1. The number of hydrogen-bond acceptors (Lipinski definition) is 8. The number of fused-ring (bicyclic) bond motifs is 1. The fourth-order valence-corrected chi connectivity index (χ4v) is 2.85. The van der Waals surface area contributed by atoms with Crippen LogP contribution in [0.2, 0.25) is 0 Å². The Morgan fingerprint density at radius 2 is 1.88 bits per heavy atom. The van der Waals surface area contributed by atoms with Crippen molar-refractivity contribution in [2.45, 2.75) is 6.54 Å². The lowest BCUT2D eigenvalue weighted by Crippen LogP contribution is -2.37. The highest BCUT2D eigenvalue weighted by atomic mass is 16.6. The highest BCUT2D eigenvalue weighted by Gasteiger charge is 2.17. The van der Waals surface area contributed by atoms with Crippen molar-refractivity contribution in [3.63, 3.8) is 0 Å². The molecule has 0 saturated carbocycles. The third-order valence-electron chi connectivity index (χ3n) is 4.26. The van der Waals surface area contributed by atoms with Crippen LogP contribution in [0.3, 0.4) is 0 Å². The van der Waals surface area contributed by atoms with Gasteiger partial charge in [-0.25, -0.2) is 14.6 Å². The second kappa shape index (κ2) is 7.04. The summed E-state index contributed by atoms with van der Waals surface area (Å²) in [4.78, 5) is 24.9. The fraction of sp³-hybridized carbons (Fsp3) is 0.353. The molecular formula is C17H18N6O3. The molecule has 9 heteroatoms. The minimum absolute atomic E-state index is 0.142. The normalized spacial score (nSPS) is 14.6. The topological polar surface area (TPSA) is 97.5 Å². The fourth-order valence-electron chi connectivity index (χ4n) is 2.85. The average Bonchev–Trinajstić information content (AvgIpc) is 3.16. The highest BCUT2D eigenvalue weighted by Crippen LogP contribution is 2.15. The maximum atomic E-state index is 12.6. The monoisotopic (exact) mass is 354 g/mol. The van der Waals surface area contributed by atoms with Crippen molar-refractivity contribution >= 4 is 22.9 Å². The summed E-state index contributed by atoms with van der Waals surface area (Å²) in [5.74, 6) is 0.480. The third-order valence-corrected chi connectivity index (χ3v) is 4.26. The minimum Gasteiger partial charge on any atom is -0.378 e. The second-order valence-electron chi connectivity index (χ2n) is 6.12. The number of benzene rings is 1. The van der Waals surface area contributed by atoms with Gasteiger partial charge in [0, 0.05) is 39.1 Å². The molecule has 134 valence electrons. The first-order valence-corrected chi connectivity index (χ1v) is 8.32. The van der Waals surface area contributed by atoms with Crippen molar-refractivity contribution in [2.24, 2.45) is 0 Å². The third kappa shape index (κ3) is 3.33. The van der Waals surface area contributed by atoms with Crippen LogP contribution in [0.1, 0.15) is 15.9 Å². The van der Waals surface area contributed by atoms with Crippen molar-refractivity contribution in [1.29, 1.82) is 0 Å². The van der Waals surface area contributed by atoms with Gasteiger partial charge in [-0.3, -0.25) is 4.79 Å². The average molecular weight is 354 g/mol. The van der Waals surface area contributed by atoms with Crippen molar-refractivity contribution in [1.82, 2.24) is 25.2 Å². The standard InChI is InChI=1S/C17H18N6O3/c1-22(11-12-2-3-14-15(8-12)21-26-20-14)16(24)13-9-18-17(19-10-13)23-4-6-25-7-5-23/h2-3,8-10H,4-7,11H2,1H3. The number of nitrogens with zero attached hydrogens (tertiary/aromatic N) is 6. The van der Waals surface area contributed by atoms with Crippen LogP contribution in [0.15, 0.2) is 35.2 Å². The molecule has 9 nitrogen and oxygen atoms in total. The number of anilines is 1. The minimum atomic E-state index is -0.142. The summed E-state index contributed by atoms with van der Waals surface area (Å²) >= 11 is 0. The molecule has 1 saturated heterocycles. The number of morpholine rings is 1. The zero-order chi connectivity index (χ0) is 17.9. The molecule has 2 aromatic heterocycles. The van der Waals surface area contributed by atoms with Crippen molar-refractivity contribution < 1.29 is 14.2 Å². The Bertz CT molecular complexity index is 904. The van der Waals surface area contributed by atoms with Gasteiger partial charge in [-0.2, -0.15) is 0 Å². The number of aromatic nitrogens is 4. The van der Waals surface area contributed by atoms with Crippen LogP contribution in [0.5, 0.6) is 0 Å². The van der Waals surface area contributed by atoms with Gasteiger partial charge < -0.3 is 14.5 Å². The number of carbonyl (C=O) groups is 1. The van der Waals surface area contributed by atoms with Crippen LogP contribution < -0.4 is 4.90 Å². The summed E-state index contributed by atoms with van der Waals surface area (Å²) in [6.45, 7) is 3.28. The summed E-state index contributed by atoms with van der Waals surface area (Å²) in [6, 6.07) is 5.57. The van der Waals surface area contributed by atoms with E-state index >= 15 is 0 Å². The van der Waals surface area contributed by atoms with Gasteiger partial charge in [-0.1, -0.05) is 6.07 Å². The molecule has 1 aliphatic rings. The van der Waals surface area contributed by atoms with E-state index in [2.05, 4.69) is 20.3 Å². The van der Waals surface area contributed by atoms with Gasteiger partial charge in [0.25, 0.3) is 5.91 Å². The zero-order valence-corrected chi connectivity index (χ0v) is 14.3. The van der Waals surface area contributed by atoms with Gasteiger partial charge in [-0.05, 0) is 28.0 Å². The van der Waals surface area contributed by atoms with E-state index in [0.29, 0.717) is 42.3 Å². The van der Waals surface area contributed by atoms with Gasteiger partial charge in [0.2, 0.25) is 5.95 Å². The Balaban J connectivity index is 1.44. The van der Waals surface area contributed by atoms with Crippen LogP contribution >= 0.6 is 0 Å². The molecule has 0 unspecified atom stereocenters. The molecule has 0 aliphatic carbocycles. The molecule has 0 spiro atoms. The van der Waals surface area contributed by atoms with Gasteiger partial charge in [0.15, 0.2) is 0 Å². The molecule has 0 bridgehead atoms. The Morgan fingerprint density at radius 3 is 2.65 bits per heavy atom. The van der Waals surface area contributed by atoms with Gasteiger partial charge in [0.05, 0.1) is 18.8 Å². The second-order valence-corrected chi connectivity index (χ2v) is 6.12. The Morgan fingerprint density at radius 1 is 1.15 bits per heavy atom. The predicted octanol–water partition coefficient (Wildman–Crippen LogP) is 1.12. The molecule has 3 aromatic rings. The number of hydrogen-bond donors (Lipinski definition) is 0. The lowest BCUT2D eigenvalue weighted by atomic mass is 10.2. The summed E-state index contributed by atoms with van der Waals surface area (Å²) in [6.07, 6.45) is 3.14. The highest BCUT2D eigenvalue weighted by molar-refractivity contribution is 5.93. The molecule has 1 aromatic carbocycles. The van der Waals surface area contributed by atoms with E-state index in [-0.39, 0.29) is 5.91 Å². The zero-order valence-electron chi connectivity index (χ0n) is 14.3. The molecule has 0 atom stereocenters. The van der Waals surface area contributed by atoms with E-state index < -0.39 is 0 Å². The maximum absolute atomic E-state index is 12.6. The molecule has 3 heterocycles. The maximum Gasteiger partial charge on any atom is 0.257 e. The van der Waals surface area contributed by atoms with Crippen molar-refractivity contribution in [3.8, 4) is 0 Å². The Labute approximate surface area is 149 Å². The lowest BCUT2D eigenvalue weighted by Gasteiger charge is -2.26. The largest absolute Gasteiger partial charge is 0.378 e. The van der Waals surface area contributed by atoms with E-state index in [0.717, 1.165) is 18.7 Å². The van der Waals surface area contributed by atoms with Crippen LogP contribution in [0, 0.1) is 0 Å². The number of ether oxygens (including phenoxy) is 1. The predicted molar refractivity (Wildman–Crippen MR) is 92.7 cm³/mol. The Hall–Kier alpha value is -3.07. The molecule has 1 amide bonds. The smallest absolute Gasteiger partial charge is 0.257 e. The van der Waals surface area contributed by atoms with E-state index in [9.17, 15) is 4.79 Å². The first-order chi connectivity index (χ1) is 12.7. The lowest BCUT2D eigenvalue weighted by molar-refractivity contribution is 0.0784. The van der Waals surface area contributed by atoms with E-state index in [4.69, 9.17) is 9.37 Å². The molecule has 0 radical (unpaired) electrons. The summed E-state index contributed by atoms with van der Waals surface area (Å²) < 4.78 is 10.0. The van der Waals surface area contributed by atoms with Gasteiger partial charge in [0.1, 0.15) is 11.0 Å². The van der Waals surface area contributed by atoms with Crippen LogP contribution in [0.4, 0.5) is 5.95 Å². The van der Waals surface area contributed by atoms with E-state index in [1.165, 1.54) is 0 Å². The number of carbonyl (C=O) groups excluding carboxylic acids is 1. The summed E-state index contributed by atoms with van der Waals surface area (Å²) in [5, 5.41) is 7.59. The molecule has 0 N–H and O–H groups in total. The summed E-state index contributed by atoms with van der Waals surface area (Å²) in [5.41, 5.74) is 2.75.